The van der Waals surface area contributed by atoms with Crippen molar-refractivity contribution in [3.63, 3.8) is 0 Å². The highest BCUT2D eigenvalue weighted by Crippen LogP contribution is 1.85. The molecule has 0 aromatic heterocycles. The average Bonchev–Trinajstić information content (AvgIpc) is 1.63. The van der Waals surface area contributed by atoms with Crippen LogP contribution in [0, 0.1) is 0 Å². The summed E-state index contributed by atoms with van der Waals surface area (Å²) in [6.45, 7) is 3.20. The first-order valence-corrected chi connectivity index (χ1v) is 2.24. The second-order valence-corrected chi connectivity index (χ2v) is 1.29. The Morgan fingerprint density at radius 3 is 1.70 bits per heavy atom. The number of hydrogen-bond acceptors (Lipinski definition) is 1. The van der Waals surface area contributed by atoms with Gasteiger partial charge >= 0.3 is 5.97 Å². The van der Waals surface area contributed by atoms with Crippen LogP contribution in [0.15, 0.2) is 12.7 Å². The molecule has 0 aliphatic rings. The molecule has 60 valence electrons. The van der Waals surface area contributed by atoms with Crippen LogP contribution in [0.5, 0.6) is 0 Å². The maximum atomic E-state index is 11.2. The van der Waals surface area contributed by atoms with Gasteiger partial charge in [-0.15, -0.1) is 0 Å². The van der Waals surface area contributed by atoms with Crippen molar-refractivity contribution in [2.24, 2.45) is 0 Å². The highest BCUT2D eigenvalue weighted by molar-refractivity contribution is 5.71. The Hall–Kier alpha value is -1.00. The van der Waals surface area contributed by atoms with Crippen molar-refractivity contribution >= 4 is 5.97 Å². The van der Waals surface area contributed by atoms with Gasteiger partial charge in [0.25, 0.3) is 6.08 Å². The first-order valence-electron chi connectivity index (χ1n) is 2.24. The van der Waals surface area contributed by atoms with E-state index in [0.29, 0.717) is 0 Å². The van der Waals surface area contributed by atoms with E-state index < -0.39 is 18.2 Å². The summed E-state index contributed by atoms with van der Waals surface area (Å²) in [5, 5.41) is 7.62. The molecule has 1 atom stereocenters. The third-order valence-electron chi connectivity index (χ3n) is 0.340. The van der Waals surface area contributed by atoms with Gasteiger partial charge in [-0.25, -0.2) is 9.18 Å². The smallest absolute Gasteiger partial charge is 0.337 e. The SMILES string of the molecule is C=C(F)F.CC(F)C(=O)O. The lowest BCUT2D eigenvalue weighted by Crippen LogP contribution is -2.08. The Morgan fingerprint density at radius 2 is 1.70 bits per heavy atom. The third-order valence-corrected chi connectivity index (χ3v) is 0.340. The van der Waals surface area contributed by atoms with E-state index in [1.165, 1.54) is 0 Å². The quantitative estimate of drug-likeness (QED) is 0.628. The first-order chi connectivity index (χ1) is 4.37. The molecule has 10 heavy (non-hydrogen) atoms. The lowest BCUT2D eigenvalue weighted by Gasteiger charge is -1.85. The molecule has 0 amide bonds. The number of rotatable bonds is 1. The fourth-order valence-electron chi connectivity index (χ4n) is 0. The summed E-state index contributed by atoms with van der Waals surface area (Å²) in [4.78, 5) is 9.32. The van der Waals surface area contributed by atoms with Gasteiger partial charge in [-0.3, -0.25) is 0 Å². The Morgan fingerprint density at radius 1 is 1.60 bits per heavy atom. The summed E-state index contributed by atoms with van der Waals surface area (Å²) >= 11 is 0. The van der Waals surface area contributed by atoms with Gasteiger partial charge in [0.15, 0.2) is 6.17 Å². The number of carboxylic acids is 1. The van der Waals surface area contributed by atoms with Gasteiger partial charge in [-0.1, -0.05) is 0 Å². The second kappa shape index (κ2) is 6.12. The van der Waals surface area contributed by atoms with Gasteiger partial charge in [0.1, 0.15) is 0 Å². The minimum Gasteiger partial charge on any atom is -0.479 e. The van der Waals surface area contributed by atoms with E-state index >= 15 is 0 Å². The van der Waals surface area contributed by atoms with Crippen molar-refractivity contribution in [1.29, 1.82) is 0 Å². The summed E-state index contributed by atoms with van der Waals surface area (Å²) in [5.74, 6) is -1.41. The van der Waals surface area contributed by atoms with Gasteiger partial charge in [-0.2, -0.15) is 8.78 Å². The number of hydrogen-bond donors (Lipinski definition) is 1. The van der Waals surface area contributed by atoms with Crippen LogP contribution in [0.3, 0.4) is 0 Å². The number of halogens is 3. The van der Waals surface area contributed by atoms with Crippen molar-refractivity contribution in [2.75, 3.05) is 0 Å². The van der Waals surface area contributed by atoms with Crippen molar-refractivity contribution in [1.82, 2.24) is 0 Å². The molecular formula is C5H7F3O2. The molecule has 2 nitrogen and oxygen atoms in total. The number of carboxylic acid groups (broad SMARTS) is 1. The lowest BCUT2D eigenvalue weighted by molar-refractivity contribution is -0.142. The molecule has 5 heteroatoms. The van der Waals surface area contributed by atoms with E-state index in [1.54, 1.807) is 0 Å². The molecule has 0 aromatic carbocycles. The Kier molecular flexibility index (Phi) is 7.20. The Labute approximate surface area is 56.0 Å². The van der Waals surface area contributed by atoms with Gasteiger partial charge in [0, 0.05) is 0 Å². The van der Waals surface area contributed by atoms with Crippen LogP contribution in [0.4, 0.5) is 13.2 Å². The van der Waals surface area contributed by atoms with Crippen LogP contribution in [0.1, 0.15) is 6.92 Å². The predicted octanol–water partition coefficient (Wildman–Crippen LogP) is 1.83. The van der Waals surface area contributed by atoms with Crippen molar-refractivity contribution in [3.05, 3.63) is 12.7 Å². The predicted molar refractivity (Wildman–Crippen MR) is 29.6 cm³/mol. The fourth-order valence-corrected chi connectivity index (χ4v) is 0. The Bertz CT molecular complexity index is 118. The van der Waals surface area contributed by atoms with Crippen molar-refractivity contribution < 1.29 is 23.1 Å². The first kappa shape index (κ1) is 11.8. The number of aliphatic carboxylic acids is 1. The average molecular weight is 156 g/mol. The molecule has 1 unspecified atom stereocenters. The molecule has 0 fully saturated rings. The summed E-state index contributed by atoms with van der Waals surface area (Å²) in [5.41, 5.74) is 0. The zero-order chi connectivity index (χ0) is 8.73. The lowest BCUT2D eigenvalue weighted by atomic mass is 10.5. The third kappa shape index (κ3) is 28.0. The summed E-state index contributed by atoms with van der Waals surface area (Å²) < 4.78 is 31.5. The number of carbonyl (C=O) groups is 1. The van der Waals surface area contributed by atoms with E-state index in [0.717, 1.165) is 6.92 Å². The van der Waals surface area contributed by atoms with Crippen LogP contribution < -0.4 is 0 Å². The molecule has 0 rings (SSSR count). The Balaban J connectivity index is 0. The van der Waals surface area contributed by atoms with Crippen LogP contribution in [-0.4, -0.2) is 17.2 Å². The molecule has 0 radical (unpaired) electrons. The van der Waals surface area contributed by atoms with Crippen LogP contribution in [0.2, 0.25) is 0 Å². The highest BCUT2D eigenvalue weighted by atomic mass is 19.3. The zero-order valence-corrected chi connectivity index (χ0v) is 5.27. The van der Waals surface area contributed by atoms with Crippen molar-refractivity contribution in [2.45, 2.75) is 13.1 Å². The number of alkyl halides is 1. The summed E-state index contributed by atoms with van der Waals surface area (Å²) in [7, 11) is 0. The summed E-state index contributed by atoms with van der Waals surface area (Å²) in [6.07, 6.45) is -3.56. The molecule has 0 saturated carbocycles. The molecule has 1 N–H and O–H groups in total. The van der Waals surface area contributed by atoms with Gasteiger partial charge in [0.2, 0.25) is 0 Å². The molecular weight excluding hydrogens is 149 g/mol. The van der Waals surface area contributed by atoms with Gasteiger partial charge in [0.05, 0.1) is 0 Å². The fraction of sp³-hybridized carbons (Fsp3) is 0.400. The molecule has 0 aromatic rings. The molecule has 0 bridgehead atoms. The molecule has 0 heterocycles. The van der Waals surface area contributed by atoms with E-state index in [-0.39, 0.29) is 0 Å². The van der Waals surface area contributed by atoms with Crippen LogP contribution >= 0.6 is 0 Å². The minimum absolute atomic E-state index is 0.975. The second-order valence-electron chi connectivity index (χ2n) is 1.29. The van der Waals surface area contributed by atoms with E-state index in [9.17, 15) is 18.0 Å². The van der Waals surface area contributed by atoms with E-state index in [1.807, 2.05) is 0 Å². The maximum Gasteiger partial charge on any atom is 0.337 e. The van der Waals surface area contributed by atoms with Gasteiger partial charge in [-0.05, 0) is 13.5 Å². The normalized spacial score (nSPS) is 10.8. The standard InChI is InChI=1S/C3H5FO2.C2H2F2/c1-2(4)3(5)6;1-2(3)4/h2H,1H3,(H,5,6);1H2. The van der Waals surface area contributed by atoms with Crippen molar-refractivity contribution in [3.8, 4) is 0 Å². The van der Waals surface area contributed by atoms with Crippen LogP contribution in [-0.2, 0) is 4.79 Å². The van der Waals surface area contributed by atoms with Crippen LogP contribution in [0.25, 0.3) is 0 Å². The van der Waals surface area contributed by atoms with Gasteiger partial charge < -0.3 is 5.11 Å². The molecule has 0 aliphatic carbocycles. The highest BCUT2D eigenvalue weighted by Gasteiger charge is 2.04. The molecule has 0 saturated heterocycles. The topological polar surface area (TPSA) is 37.3 Å². The largest absolute Gasteiger partial charge is 0.479 e. The van der Waals surface area contributed by atoms with E-state index in [4.69, 9.17) is 5.11 Å². The maximum absolute atomic E-state index is 11.2. The molecule has 0 spiro atoms. The van der Waals surface area contributed by atoms with E-state index in [2.05, 4.69) is 6.58 Å². The zero-order valence-electron chi connectivity index (χ0n) is 5.27. The molecule has 0 aliphatic heterocycles. The summed E-state index contributed by atoms with van der Waals surface area (Å²) in [6, 6.07) is 0. The minimum atomic E-state index is -1.83. The monoisotopic (exact) mass is 156 g/mol.